The molecule has 1 aliphatic heterocycles. The van der Waals surface area contributed by atoms with Crippen LogP contribution in [0.25, 0.3) is 0 Å². The lowest BCUT2D eigenvalue weighted by Gasteiger charge is -2.27. The third-order valence-corrected chi connectivity index (χ3v) is 4.81. The zero-order valence-electron chi connectivity index (χ0n) is 11.8. The van der Waals surface area contributed by atoms with Gasteiger partial charge in [0.05, 0.1) is 7.11 Å². The van der Waals surface area contributed by atoms with Crippen LogP contribution in [0.5, 0.6) is 5.75 Å². The van der Waals surface area contributed by atoms with Crippen molar-refractivity contribution in [3.05, 3.63) is 51.2 Å². The molecular weight excluding hydrogens is 286 g/mol. The van der Waals surface area contributed by atoms with Gasteiger partial charge in [-0.2, -0.15) is 0 Å². The van der Waals surface area contributed by atoms with Crippen LogP contribution in [-0.2, 0) is 19.5 Å². The molecule has 0 spiro atoms. The van der Waals surface area contributed by atoms with E-state index in [1.165, 1.54) is 17.6 Å². The topological polar surface area (TPSA) is 49.8 Å². The highest BCUT2D eigenvalue weighted by Crippen LogP contribution is 2.26. The van der Waals surface area contributed by atoms with Crippen LogP contribution < -0.4 is 4.74 Å². The Balaban J connectivity index is 1.77. The first-order chi connectivity index (χ1) is 10.2. The van der Waals surface area contributed by atoms with Crippen molar-refractivity contribution in [2.45, 2.75) is 19.5 Å². The zero-order chi connectivity index (χ0) is 14.8. The molecule has 110 valence electrons. The highest BCUT2D eigenvalue weighted by molar-refractivity contribution is 7.10. The summed E-state index contributed by atoms with van der Waals surface area (Å²) >= 11 is 1.82. The van der Waals surface area contributed by atoms with Gasteiger partial charge in [0.15, 0.2) is 0 Å². The van der Waals surface area contributed by atoms with Gasteiger partial charge < -0.3 is 9.84 Å². The molecule has 0 aliphatic carbocycles. The summed E-state index contributed by atoms with van der Waals surface area (Å²) in [7, 11) is 1.49. The van der Waals surface area contributed by atoms with Crippen molar-refractivity contribution in [1.82, 2.24) is 4.90 Å². The van der Waals surface area contributed by atoms with E-state index in [1.54, 1.807) is 12.1 Å². The highest BCUT2D eigenvalue weighted by Gasteiger charge is 2.18. The van der Waals surface area contributed by atoms with Gasteiger partial charge in [-0.25, -0.2) is 4.79 Å². The predicted molar refractivity (Wildman–Crippen MR) is 82.1 cm³/mol. The smallest absolute Gasteiger partial charge is 0.339 e. The number of aromatic carboxylic acids is 1. The van der Waals surface area contributed by atoms with E-state index in [1.807, 2.05) is 17.4 Å². The molecule has 2 heterocycles. The minimum absolute atomic E-state index is 0.225. The monoisotopic (exact) mass is 303 g/mol. The molecule has 1 aromatic heterocycles. The molecule has 0 fully saturated rings. The lowest BCUT2D eigenvalue weighted by atomic mass is 10.1. The van der Waals surface area contributed by atoms with Crippen LogP contribution in [0.3, 0.4) is 0 Å². The molecule has 21 heavy (non-hydrogen) atoms. The van der Waals surface area contributed by atoms with Crippen molar-refractivity contribution in [3.8, 4) is 5.75 Å². The van der Waals surface area contributed by atoms with Crippen LogP contribution in [0.4, 0.5) is 0 Å². The lowest BCUT2D eigenvalue weighted by Crippen LogP contribution is -2.29. The van der Waals surface area contributed by atoms with E-state index in [0.29, 0.717) is 5.75 Å². The summed E-state index contributed by atoms with van der Waals surface area (Å²) in [4.78, 5) is 15.1. The summed E-state index contributed by atoms with van der Waals surface area (Å²) in [5.74, 6) is -0.544. The Kier molecular flexibility index (Phi) is 3.94. The number of carbonyl (C=O) groups is 1. The average molecular weight is 303 g/mol. The number of thiophene rings is 1. The standard InChI is InChI=1S/C16H17NO3S/c1-20-14-3-2-11(8-13(14)16(18)19)9-17-6-4-15-12(10-17)5-7-21-15/h2-3,5,7-8H,4,6,9-10H2,1H3,(H,18,19). The van der Waals surface area contributed by atoms with Gasteiger partial charge in [-0.1, -0.05) is 6.07 Å². The van der Waals surface area contributed by atoms with Crippen LogP contribution in [-0.4, -0.2) is 29.6 Å². The van der Waals surface area contributed by atoms with Crippen LogP contribution in [0.2, 0.25) is 0 Å². The normalized spacial score (nSPS) is 14.7. The Morgan fingerprint density at radius 1 is 1.43 bits per heavy atom. The number of carboxylic acids is 1. The van der Waals surface area contributed by atoms with Crippen molar-refractivity contribution >= 4 is 17.3 Å². The minimum Gasteiger partial charge on any atom is -0.496 e. The van der Waals surface area contributed by atoms with Gasteiger partial charge in [0, 0.05) is 24.5 Å². The molecule has 0 radical (unpaired) electrons. The van der Waals surface area contributed by atoms with Gasteiger partial charge in [0.1, 0.15) is 11.3 Å². The molecule has 1 aliphatic rings. The Labute approximate surface area is 127 Å². The molecule has 3 rings (SSSR count). The van der Waals surface area contributed by atoms with E-state index in [-0.39, 0.29) is 5.56 Å². The molecular formula is C16H17NO3S. The van der Waals surface area contributed by atoms with Crippen molar-refractivity contribution < 1.29 is 14.6 Å². The van der Waals surface area contributed by atoms with E-state index in [4.69, 9.17) is 4.74 Å². The van der Waals surface area contributed by atoms with E-state index in [0.717, 1.165) is 31.6 Å². The number of benzene rings is 1. The van der Waals surface area contributed by atoms with Gasteiger partial charge >= 0.3 is 5.97 Å². The van der Waals surface area contributed by atoms with E-state index in [9.17, 15) is 9.90 Å². The molecule has 0 unspecified atom stereocenters. The fourth-order valence-electron chi connectivity index (χ4n) is 2.72. The van der Waals surface area contributed by atoms with Crippen molar-refractivity contribution in [2.75, 3.05) is 13.7 Å². The number of methoxy groups -OCH3 is 1. The van der Waals surface area contributed by atoms with E-state index >= 15 is 0 Å². The predicted octanol–water partition coefficient (Wildman–Crippen LogP) is 3.01. The Morgan fingerprint density at radius 3 is 3.05 bits per heavy atom. The van der Waals surface area contributed by atoms with Crippen molar-refractivity contribution in [1.29, 1.82) is 0 Å². The molecule has 0 bridgehead atoms. The van der Waals surface area contributed by atoms with Crippen molar-refractivity contribution in [3.63, 3.8) is 0 Å². The Hall–Kier alpha value is -1.85. The first-order valence-corrected chi connectivity index (χ1v) is 7.73. The molecule has 0 saturated carbocycles. The summed E-state index contributed by atoms with van der Waals surface area (Å²) in [6, 6.07) is 7.57. The third-order valence-electron chi connectivity index (χ3n) is 3.79. The fourth-order valence-corrected chi connectivity index (χ4v) is 3.61. The quantitative estimate of drug-likeness (QED) is 0.943. The molecule has 1 N–H and O–H groups in total. The molecule has 4 nitrogen and oxygen atoms in total. The minimum atomic E-state index is -0.951. The number of hydrogen-bond acceptors (Lipinski definition) is 4. The maximum absolute atomic E-state index is 11.3. The van der Waals surface area contributed by atoms with Crippen LogP contribution in [0, 0.1) is 0 Å². The number of ether oxygens (including phenoxy) is 1. The molecule has 0 atom stereocenters. The fraction of sp³-hybridized carbons (Fsp3) is 0.312. The molecule has 0 saturated heterocycles. The van der Waals surface area contributed by atoms with Crippen LogP contribution >= 0.6 is 11.3 Å². The maximum Gasteiger partial charge on any atom is 0.339 e. The summed E-state index contributed by atoms with van der Waals surface area (Å²) < 4.78 is 5.09. The first kappa shape index (κ1) is 14.1. The number of hydrogen-bond donors (Lipinski definition) is 1. The van der Waals surface area contributed by atoms with Crippen LogP contribution in [0.15, 0.2) is 29.6 Å². The molecule has 5 heteroatoms. The van der Waals surface area contributed by atoms with E-state index in [2.05, 4.69) is 16.3 Å². The third kappa shape index (κ3) is 2.94. The molecule has 0 amide bonds. The summed E-state index contributed by atoms with van der Waals surface area (Å²) in [5, 5.41) is 11.4. The summed E-state index contributed by atoms with van der Waals surface area (Å²) in [6.45, 7) is 2.72. The maximum atomic E-state index is 11.3. The second-order valence-electron chi connectivity index (χ2n) is 5.17. The first-order valence-electron chi connectivity index (χ1n) is 6.85. The molecule has 2 aromatic rings. The van der Waals surface area contributed by atoms with Crippen LogP contribution in [0.1, 0.15) is 26.4 Å². The van der Waals surface area contributed by atoms with Gasteiger partial charge in [-0.05, 0) is 41.1 Å². The second kappa shape index (κ2) is 5.87. The van der Waals surface area contributed by atoms with Gasteiger partial charge in [0.2, 0.25) is 0 Å². The number of fused-ring (bicyclic) bond motifs is 1. The van der Waals surface area contributed by atoms with Gasteiger partial charge in [0.25, 0.3) is 0 Å². The number of carboxylic acid groups (broad SMARTS) is 1. The van der Waals surface area contributed by atoms with Crippen molar-refractivity contribution in [2.24, 2.45) is 0 Å². The number of nitrogens with zero attached hydrogens (tertiary/aromatic N) is 1. The average Bonchev–Trinajstić information content (AvgIpc) is 2.94. The second-order valence-corrected chi connectivity index (χ2v) is 6.17. The Morgan fingerprint density at radius 2 is 2.29 bits per heavy atom. The zero-order valence-corrected chi connectivity index (χ0v) is 12.7. The number of rotatable bonds is 4. The highest BCUT2D eigenvalue weighted by atomic mass is 32.1. The summed E-state index contributed by atoms with van der Waals surface area (Å²) in [6.07, 6.45) is 1.08. The Bertz CT molecular complexity index is 665. The molecule has 1 aromatic carbocycles. The van der Waals surface area contributed by atoms with Gasteiger partial charge in [-0.3, -0.25) is 4.90 Å². The largest absolute Gasteiger partial charge is 0.496 e. The van der Waals surface area contributed by atoms with Gasteiger partial charge in [-0.15, -0.1) is 11.3 Å². The lowest BCUT2D eigenvalue weighted by molar-refractivity contribution is 0.0693. The SMILES string of the molecule is COc1ccc(CN2CCc3sccc3C2)cc1C(=O)O. The summed E-state index contributed by atoms with van der Waals surface area (Å²) in [5.41, 5.74) is 2.63. The van der Waals surface area contributed by atoms with E-state index < -0.39 is 5.97 Å².